The van der Waals surface area contributed by atoms with Crippen molar-refractivity contribution in [2.24, 2.45) is 17.6 Å². The van der Waals surface area contributed by atoms with Crippen LogP contribution < -0.4 is 37.1 Å². The Kier molecular flexibility index (Phi) is 30.0. The van der Waals surface area contributed by atoms with E-state index in [0.717, 1.165) is 131 Å². The molecule has 520 valence electrons. The molecule has 8 atom stereocenters. The van der Waals surface area contributed by atoms with E-state index in [9.17, 15) is 19.2 Å². The number of hydrogen-bond acceptors (Lipinski definition) is 11. The average Bonchev–Trinajstić information content (AvgIpc) is 0.829. The lowest BCUT2D eigenvalue weighted by Gasteiger charge is -2.43. The van der Waals surface area contributed by atoms with Gasteiger partial charge in [-0.3, -0.25) is 19.2 Å². The summed E-state index contributed by atoms with van der Waals surface area (Å²) in [7, 11) is 5.65. The maximum atomic E-state index is 12.4. The number of nitrogens with one attached hydrogen (secondary N) is 5. The number of benzene rings is 6. The van der Waals surface area contributed by atoms with Crippen molar-refractivity contribution in [2.75, 3.05) is 40.8 Å². The molecule has 6 aromatic rings. The van der Waals surface area contributed by atoms with Gasteiger partial charge in [-0.1, -0.05) is 243 Å². The molecular weight excluding hydrogens is 1180 g/mol. The Hall–Kier alpha value is -6.44. The van der Waals surface area contributed by atoms with Crippen LogP contribution in [0, 0.1) is 25.7 Å². The molecule has 7 N–H and O–H groups in total. The molecular formula is C85H120N6O5. The van der Waals surface area contributed by atoms with E-state index in [2.05, 4.69) is 172 Å². The van der Waals surface area contributed by atoms with Crippen molar-refractivity contribution in [3.63, 3.8) is 0 Å². The molecule has 6 aromatic carbocycles. The number of nitrogens with two attached hydrogens (primary N) is 1. The minimum Gasteiger partial charge on any atom is -0.497 e. The molecule has 0 aliphatic heterocycles. The minimum atomic E-state index is -0.498. The maximum absolute atomic E-state index is 12.4. The topological polar surface area (TPSA) is 164 Å². The Morgan fingerprint density at radius 1 is 0.406 bits per heavy atom. The number of carbonyl (C=O) groups excluding carboxylic acids is 4. The van der Waals surface area contributed by atoms with Crippen LogP contribution in [0.25, 0.3) is 0 Å². The second-order valence-electron chi connectivity index (χ2n) is 28.0. The van der Waals surface area contributed by atoms with Gasteiger partial charge in [-0.2, -0.15) is 0 Å². The molecule has 6 fully saturated rings. The van der Waals surface area contributed by atoms with Gasteiger partial charge in [0.2, 0.25) is 0 Å². The van der Waals surface area contributed by atoms with Gasteiger partial charge in [0.25, 0.3) is 0 Å². The first-order chi connectivity index (χ1) is 46.4. The highest BCUT2D eigenvalue weighted by Gasteiger charge is 2.45. The Bertz CT molecular complexity index is 3310. The largest absolute Gasteiger partial charge is 0.497 e. The molecule has 11 nitrogen and oxygen atoms in total. The molecule has 96 heavy (non-hydrogen) atoms. The van der Waals surface area contributed by atoms with Gasteiger partial charge < -0.3 is 37.1 Å². The van der Waals surface area contributed by atoms with Crippen LogP contribution in [0.2, 0.25) is 0 Å². The van der Waals surface area contributed by atoms with Crippen molar-refractivity contribution in [3.8, 4) is 5.75 Å². The molecule has 0 radical (unpaired) electrons. The Balaban J connectivity index is 0.000000163. The fourth-order valence-corrected chi connectivity index (χ4v) is 16.6. The number of aryl methyl sites for hydroxylation is 2. The fourth-order valence-electron chi connectivity index (χ4n) is 16.6. The van der Waals surface area contributed by atoms with Crippen molar-refractivity contribution in [2.45, 2.75) is 236 Å². The summed E-state index contributed by atoms with van der Waals surface area (Å²) in [6, 6.07) is 56.1. The fraction of sp³-hybridized carbons (Fsp3) is 0.529. The lowest BCUT2D eigenvalue weighted by Crippen LogP contribution is -2.51. The lowest BCUT2D eigenvalue weighted by molar-refractivity contribution is -0.128. The van der Waals surface area contributed by atoms with E-state index in [-0.39, 0.29) is 11.1 Å². The number of hydrogen-bond donors (Lipinski definition) is 6. The zero-order chi connectivity index (χ0) is 69.1. The molecule has 0 bridgehead atoms. The Labute approximate surface area is 578 Å². The molecule has 3 unspecified atom stereocenters. The second-order valence-corrected chi connectivity index (χ2v) is 28.0. The summed E-state index contributed by atoms with van der Waals surface area (Å²) in [4.78, 5) is 49.2. The third-order valence-electron chi connectivity index (χ3n) is 22.3. The van der Waals surface area contributed by atoms with Gasteiger partial charge in [-0.25, -0.2) is 0 Å². The monoisotopic (exact) mass is 1300 g/mol. The summed E-state index contributed by atoms with van der Waals surface area (Å²) >= 11 is 0. The van der Waals surface area contributed by atoms with Gasteiger partial charge in [-0.05, 0) is 188 Å². The van der Waals surface area contributed by atoms with E-state index >= 15 is 0 Å². The first kappa shape index (κ1) is 76.9. The minimum absolute atomic E-state index is 0.0699. The van der Waals surface area contributed by atoms with Crippen molar-refractivity contribution in [1.29, 1.82) is 0 Å². The van der Waals surface area contributed by atoms with Gasteiger partial charge in [0.05, 0.1) is 7.11 Å². The third kappa shape index (κ3) is 18.5. The summed E-state index contributed by atoms with van der Waals surface area (Å²) in [5.41, 5.74) is 14.6. The number of ketones is 4. The quantitative estimate of drug-likeness (QED) is 0.0580. The zero-order valence-electron chi connectivity index (χ0n) is 60.5. The highest BCUT2D eigenvalue weighted by atomic mass is 16.5. The summed E-state index contributed by atoms with van der Waals surface area (Å²) in [5.74, 6) is 3.51. The molecule has 0 amide bonds. The van der Waals surface area contributed by atoms with E-state index in [1.807, 2.05) is 80.7 Å². The number of Topliss-reactive ketones (excluding diaryl/α,β-unsaturated/α-hetero) is 4. The number of carbonyl (C=O) groups is 4. The molecule has 12 rings (SSSR count). The molecule has 0 saturated heterocycles. The first-order valence-corrected chi connectivity index (χ1v) is 36.9. The molecule has 0 spiro atoms. The highest BCUT2D eigenvalue weighted by molar-refractivity contribution is 5.92. The Morgan fingerprint density at radius 3 is 1.27 bits per heavy atom. The summed E-state index contributed by atoms with van der Waals surface area (Å²) in [6.07, 6.45) is 25.4. The second kappa shape index (κ2) is 37.5. The van der Waals surface area contributed by atoms with E-state index in [4.69, 9.17) is 10.5 Å². The summed E-state index contributed by atoms with van der Waals surface area (Å²) in [5, 5.41) is 17.1. The van der Waals surface area contributed by atoms with E-state index < -0.39 is 22.2 Å². The van der Waals surface area contributed by atoms with Gasteiger partial charge >= 0.3 is 0 Å². The van der Waals surface area contributed by atoms with Crippen molar-refractivity contribution < 1.29 is 23.9 Å². The molecule has 11 heteroatoms. The first-order valence-electron chi connectivity index (χ1n) is 36.9. The van der Waals surface area contributed by atoms with Crippen LogP contribution in [0.15, 0.2) is 164 Å². The van der Waals surface area contributed by atoms with Gasteiger partial charge in [0.15, 0.2) is 23.1 Å². The van der Waals surface area contributed by atoms with Crippen molar-refractivity contribution in [3.05, 3.63) is 208 Å². The molecule has 6 aliphatic rings. The molecule has 6 aliphatic carbocycles. The third-order valence-corrected chi connectivity index (χ3v) is 22.3. The smallest absolute Gasteiger partial charge is 0.157 e. The SMILES string of the molecule is CC1CCCC[C@@]1(N)c1ccccc1.CCNC1(c2cccc(OC)c2)CCCCC1=O.CCN[C@]1(c2ccc(C)cc2)CCCCC1=O.CCN[C@]1(c2ccccc2C)CCCCC1=O.CN[C@@]1(c2ccccc2)CCCCC1C.CN[C@]1(c2ccccc2)CCCCC1=O. The van der Waals surface area contributed by atoms with E-state index in [1.165, 1.54) is 72.8 Å². The normalized spacial score (nSPS) is 27.2. The number of methoxy groups -OCH3 is 1. The predicted molar refractivity (Wildman–Crippen MR) is 397 cm³/mol. The highest BCUT2D eigenvalue weighted by Crippen LogP contribution is 2.43. The Morgan fingerprint density at radius 2 is 0.812 bits per heavy atom. The van der Waals surface area contributed by atoms with Gasteiger partial charge in [-0.15, -0.1) is 0 Å². The van der Waals surface area contributed by atoms with E-state index in [1.54, 1.807) is 7.11 Å². The maximum Gasteiger partial charge on any atom is 0.157 e. The van der Waals surface area contributed by atoms with Crippen LogP contribution >= 0.6 is 0 Å². The van der Waals surface area contributed by atoms with Crippen LogP contribution in [0.1, 0.15) is 233 Å². The van der Waals surface area contributed by atoms with Gasteiger partial charge in [0.1, 0.15) is 27.9 Å². The summed E-state index contributed by atoms with van der Waals surface area (Å²) in [6.45, 7) is 17.5. The predicted octanol–water partition coefficient (Wildman–Crippen LogP) is 17.1. The average molecular weight is 1310 g/mol. The van der Waals surface area contributed by atoms with Crippen LogP contribution in [-0.2, 0) is 52.4 Å². The number of ether oxygens (including phenoxy) is 1. The van der Waals surface area contributed by atoms with Crippen LogP contribution in [-0.4, -0.2) is 64.0 Å². The number of likely N-dealkylation sites (N-methyl/N-ethyl adjacent to an activating group) is 4. The molecule has 6 saturated carbocycles. The number of rotatable bonds is 15. The van der Waals surface area contributed by atoms with Crippen molar-refractivity contribution >= 4 is 23.1 Å². The lowest BCUT2D eigenvalue weighted by atomic mass is 9.70. The van der Waals surface area contributed by atoms with Crippen LogP contribution in [0.4, 0.5) is 0 Å². The summed E-state index contributed by atoms with van der Waals surface area (Å²) < 4.78 is 5.26. The van der Waals surface area contributed by atoms with Gasteiger partial charge in [0, 0.05) is 36.8 Å². The van der Waals surface area contributed by atoms with Crippen LogP contribution in [0.5, 0.6) is 5.75 Å². The standard InChI is InChI=1S/C15H21NO2.2C15H21NO.C14H21N.C13H17NO.C13H19N/c1-3-16-15(10-5-4-9-14(15)17)12-7-6-8-13(11-12)18-2;1-3-16-15(11-7-6-10-14(15)17)13-9-5-4-8-12(13)2;1-3-16-15(11-5-4-6-14(15)17)13-9-7-12(2)8-10-13;1-12-8-6-7-11-14(12,15-2)13-9-4-3-5-10-13;1-14-13(10-6-5-9-12(13)15)11-7-3-2-4-8-11;1-11-7-5-6-10-13(11,14)12-8-3-2-4-9-12/h6-8,11,16H,3-5,9-10H2,1-2H3;4-5,8-9,16H,3,6-7,10-11H2,1-2H3;7-10,16H,3-6,11H2,1-2H3;3-5,9-10,12,15H,6-8,11H2,1-2H3;2-4,7-8,14H,5-6,9-10H2,1H3;2-4,8-9,11H,5-7,10,14H2,1H3/t;2*15-;12?,14-;13-;11?,13-/m.00000/s1. The van der Waals surface area contributed by atoms with E-state index in [0.29, 0.717) is 54.7 Å². The molecule has 0 aromatic heterocycles. The molecule has 0 heterocycles. The van der Waals surface area contributed by atoms with Crippen LogP contribution in [0.3, 0.4) is 0 Å². The van der Waals surface area contributed by atoms with Crippen molar-refractivity contribution in [1.82, 2.24) is 26.6 Å². The zero-order valence-corrected chi connectivity index (χ0v) is 60.5.